The van der Waals surface area contributed by atoms with E-state index in [1.165, 1.54) is 16.7 Å². The largest absolute Gasteiger partial charge is 0.337 e. The summed E-state index contributed by atoms with van der Waals surface area (Å²) in [5, 5.41) is 0.960. The molecule has 6 heteroatoms. The van der Waals surface area contributed by atoms with Crippen LogP contribution in [0.3, 0.4) is 0 Å². The Hall–Kier alpha value is -1.76. The molecule has 1 fully saturated rings. The molecule has 2 aliphatic heterocycles. The normalized spacial score (nSPS) is 21.0. The van der Waals surface area contributed by atoms with Crippen molar-refractivity contribution in [2.24, 2.45) is 0 Å². The Morgan fingerprint density at radius 2 is 1.68 bits per heavy atom. The molecule has 0 spiro atoms. The summed E-state index contributed by atoms with van der Waals surface area (Å²) in [6.07, 6.45) is 0. The van der Waals surface area contributed by atoms with Gasteiger partial charge < -0.3 is 4.90 Å². The van der Waals surface area contributed by atoms with E-state index in [1.807, 2.05) is 56.4 Å². The molecule has 0 N–H and O–H groups in total. The second kappa shape index (κ2) is 6.52. The van der Waals surface area contributed by atoms with E-state index < -0.39 is 0 Å². The summed E-state index contributed by atoms with van der Waals surface area (Å²) in [6.45, 7) is 2.02. The van der Waals surface area contributed by atoms with Gasteiger partial charge in [-0.2, -0.15) is 0 Å². The van der Waals surface area contributed by atoms with Gasteiger partial charge in [0.1, 0.15) is 9.23 Å². The molecule has 0 saturated carbocycles. The summed E-state index contributed by atoms with van der Waals surface area (Å²) in [5.41, 5.74) is 2.21. The molecule has 2 aromatic carbocycles. The number of rotatable bonds is 2. The van der Waals surface area contributed by atoms with Crippen LogP contribution in [0.5, 0.6) is 0 Å². The van der Waals surface area contributed by atoms with Crippen LogP contribution in [0.15, 0.2) is 69.4 Å². The number of nitrogens with zero attached hydrogens (tertiary/aromatic N) is 2. The van der Waals surface area contributed by atoms with Crippen molar-refractivity contribution in [3.63, 3.8) is 0 Å². The number of thioether (sulfide) groups is 2. The second-order valence-electron chi connectivity index (χ2n) is 5.89. The van der Waals surface area contributed by atoms with Crippen LogP contribution in [0.2, 0.25) is 0 Å². The van der Waals surface area contributed by atoms with Gasteiger partial charge in [-0.1, -0.05) is 78.2 Å². The van der Waals surface area contributed by atoms with Crippen molar-refractivity contribution in [3.8, 4) is 0 Å². The zero-order valence-corrected chi connectivity index (χ0v) is 16.3. The zero-order chi connectivity index (χ0) is 17.6. The standard InChI is InChI=1S/C19H16N2OS3/c1-12(13-8-4-3-5-9-13)21-17(22)16(25-19(21)23)18-20(2)14-10-6-7-11-15(14)24-18/h3-12H,1-2H3/b18-16-/t12-/m0/s1. The highest BCUT2D eigenvalue weighted by atomic mass is 32.2. The fraction of sp³-hybridized carbons (Fsp3) is 0.158. The van der Waals surface area contributed by atoms with Gasteiger partial charge in [-0.05, 0) is 24.6 Å². The van der Waals surface area contributed by atoms with E-state index in [4.69, 9.17) is 12.2 Å². The van der Waals surface area contributed by atoms with Crippen LogP contribution >= 0.6 is 35.7 Å². The van der Waals surface area contributed by atoms with Crippen molar-refractivity contribution >= 4 is 51.7 Å². The van der Waals surface area contributed by atoms with E-state index in [2.05, 4.69) is 17.0 Å². The van der Waals surface area contributed by atoms with Gasteiger partial charge in [-0.3, -0.25) is 9.69 Å². The first kappa shape index (κ1) is 16.7. The quantitative estimate of drug-likeness (QED) is 0.534. The van der Waals surface area contributed by atoms with E-state index in [9.17, 15) is 4.79 Å². The number of amides is 1. The monoisotopic (exact) mass is 384 g/mol. The summed E-state index contributed by atoms with van der Waals surface area (Å²) in [5.74, 6) is -0.00601. The van der Waals surface area contributed by atoms with E-state index in [0.29, 0.717) is 4.32 Å². The third kappa shape index (κ3) is 2.78. The maximum atomic E-state index is 13.1. The van der Waals surface area contributed by atoms with Crippen LogP contribution in [0, 0.1) is 0 Å². The first-order valence-corrected chi connectivity index (χ1v) is 9.97. The number of fused-ring (bicyclic) bond motifs is 1. The first-order valence-electron chi connectivity index (χ1n) is 7.93. The van der Waals surface area contributed by atoms with Crippen molar-refractivity contribution in [2.45, 2.75) is 17.9 Å². The molecular formula is C19H16N2OS3. The number of para-hydroxylation sites is 1. The molecule has 0 aliphatic carbocycles. The molecule has 0 aromatic heterocycles. The first-order chi connectivity index (χ1) is 12.1. The number of hydrogen-bond donors (Lipinski definition) is 0. The van der Waals surface area contributed by atoms with Gasteiger partial charge in [0.25, 0.3) is 5.91 Å². The Morgan fingerprint density at radius 1 is 1.00 bits per heavy atom. The second-order valence-corrected chi connectivity index (χ2v) is 8.57. The number of anilines is 1. The Labute approximate surface area is 161 Å². The summed E-state index contributed by atoms with van der Waals surface area (Å²) in [7, 11) is 2.00. The van der Waals surface area contributed by atoms with Gasteiger partial charge in [0.05, 0.1) is 16.8 Å². The van der Waals surface area contributed by atoms with Crippen molar-refractivity contribution in [2.75, 3.05) is 11.9 Å². The molecule has 0 unspecified atom stereocenters. The highest BCUT2D eigenvalue weighted by molar-refractivity contribution is 8.27. The summed E-state index contributed by atoms with van der Waals surface area (Å²) >= 11 is 8.57. The average Bonchev–Trinajstić information content (AvgIpc) is 3.12. The lowest BCUT2D eigenvalue weighted by molar-refractivity contribution is -0.123. The van der Waals surface area contributed by atoms with Crippen LogP contribution in [0.25, 0.3) is 0 Å². The summed E-state index contributed by atoms with van der Waals surface area (Å²) in [4.78, 5) is 18.8. The molecule has 3 nitrogen and oxygen atoms in total. The topological polar surface area (TPSA) is 23.6 Å². The lowest BCUT2D eigenvalue weighted by Gasteiger charge is -2.23. The van der Waals surface area contributed by atoms with E-state index >= 15 is 0 Å². The Morgan fingerprint density at radius 3 is 2.40 bits per heavy atom. The average molecular weight is 385 g/mol. The molecule has 2 heterocycles. The van der Waals surface area contributed by atoms with Gasteiger partial charge in [-0.15, -0.1) is 0 Å². The van der Waals surface area contributed by atoms with E-state index in [-0.39, 0.29) is 11.9 Å². The van der Waals surface area contributed by atoms with Crippen LogP contribution in [0.4, 0.5) is 5.69 Å². The van der Waals surface area contributed by atoms with Gasteiger partial charge in [0.2, 0.25) is 0 Å². The van der Waals surface area contributed by atoms with Crippen molar-refractivity contribution < 1.29 is 4.79 Å². The van der Waals surface area contributed by atoms with Gasteiger partial charge in [0, 0.05) is 11.9 Å². The van der Waals surface area contributed by atoms with Gasteiger partial charge >= 0.3 is 0 Å². The Balaban J connectivity index is 1.69. The number of hydrogen-bond acceptors (Lipinski definition) is 5. The minimum Gasteiger partial charge on any atom is -0.337 e. The molecule has 1 saturated heterocycles. The molecule has 2 aliphatic rings. The van der Waals surface area contributed by atoms with Gasteiger partial charge in [-0.25, -0.2) is 0 Å². The predicted octanol–water partition coefficient (Wildman–Crippen LogP) is 5.02. The Bertz CT molecular complexity index is 895. The Kier molecular flexibility index (Phi) is 4.35. The third-order valence-corrected chi connectivity index (χ3v) is 7.16. The predicted molar refractivity (Wildman–Crippen MR) is 110 cm³/mol. The molecule has 2 aromatic rings. The highest BCUT2D eigenvalue weighted by Gasteiger charge is 2.40. The van der Waals surface area contributed by atoms with Crippen molar-refractivity contribution in [3.05, 3.63) is 70.1 Å². The summed E-state index contributed by atoms with van der Waals surface area (Å²) in [6, 6.07) is 18.1. The van der Waals surface area contributed by atoms with Crippen LogP contribution in [-0.2, 0) is 4.79 Å². The zero-order valence-electron chi connectivity index (χ0n) is 13.8. The van der Waals surface area contributed by atoms with Crippen LogP contribution in [-0.4, -0.2) is 22.2 Å². The molecule has 4 rings (SSSR count). The SMILES string of the molecule is C[C@@H](c1ccccc1)N1C(=O)/C(=C2/Sc3ccccc3N2C)SC1=S. The van der Waals surface area contributed by atoms with Crippen molar-refractivity contribution in [1.82, 2.24) is 4.90 Å². The molecule has 1 amide bonds. The molecular weight excluding hydrogens is 368 g/mol. The lowest BCUT2D eigenvalue weighted by atomic mass is 10.1. The molecule has 126 valence electrons. The van der Waals surface area contributed by atoms with Crippen LogP contribution in [0.1, 0.15) is 18.5 Å². The minimum atomic E-state index is -0.0779. The number of benzene rings is 2. The number of carbonyl (C=O) groups excluding carboxylic acids is 1. The van der Waals surface area contributed by atoms with Gasteiger partial charge in [0.15, 0.2) is 0 Å². The number of carbonyl (C=O) groups is 1. The summed E-state index contributed by atoms with van der Waals surface area (Å²) < 4.78 is 0.619. The molecule has 0 radical (unpaired) electrons. The maximum Gasteiger partial charge on any atom is 0.269 e. The van der Waals surface area contributed by atoms with Crippen molar-refractivity contribution in [1.29, 1.82) is 0 Å². The van der Waals surface area contributed by atoms with Crippen LogP contribution < -0.4 is 4.90 Å². The minimum absolute atomic E-state index is 0.00601. The van der Waals surface area contributed by atoms with E-state index in [0.717, 1.165) is 21.2 Å². The molecule has 25 heavy (non-hydrogen) atoms. The fourth-order valence-corrected chi connectivity index (χ4v) is 5.77. The molecule has 0 bridgehead atoms. The smallest absolute Gasteiger partial charge is 0.269 e. The molecule has 1 atom stereocenters. The lowest BCUT2D eigenvalue weighted by Crippen LogP contribution is -2.31. The van der Waals surface area contributed by atoms with E-state index in [1.54, 1.807) is 16.7 Å². The highest BCUT2D eigenvalue weighted by Crippen LogP contribution is 2.50. The number of thiocarbonyl (C=S) groups is 1. The third-order valence-electron chi connectivity index (χ3n) is 4.40. The maximum absolute atomic E-state index is 13.1. The fourth-order valence-electron chi connectivity index (χ4n) is 3.02.